The fourth-order valence-electron chi connectivity index (χ4n) is 4.36. The van der Waals surface area contributed by atoms with Crippen LogP contribution < -0.4 is 10.6 Å². The first-order valence-electron chi connectivity index (χ1n) is 11.1. The van der Waals surface area contributed by atoms with E-state index in [0.717, 1.165) is 39.0 Å². The predicted molar refractivity (Wildman–Crippen MR) is 125 cm³/mol. The van der Waals surface area contributed by atoms with Crippen molar-refractivity contribution in [3.05, 3.63) is 0 Å². The van der Waals surface area contributed by atoms with Gasteiger partial charge in [-0.2, -0.15) is 0 Å². The van der Waals surface area contributed by atoms with Crippen LogP contribution in [0.1, 0.15) is 54.4 Å². The summed E-state index contributed by atoms with van der Waals surface area (Å²) in [5.74, 6) is 0.607. The van der Waals surface area contributed by atoms with Gasteiger partial charge in [-0.05, 0) is 54.4 Å². The Hall–Kier alpha value is -1.22. The molecule has 1 saturated heterocycles. The summed E-state index contributed by atoms with van der Waals surface area (Å²) in [4.78, 5) is 4.67. The van der Waals surface area contributed by atoms with Gasteiger partial charge in [0, 0.05) is 49.3 Å². The molecule has 30 heavy (non-hydrogen) atoms. The first kappa shape index (κ1) is 26.8. The fourth-order valence-corrected chi connectivity index (χ4v) is 4.36. The largest absolute Gasteiger partial charge is 0.484 e. The Balaban J connectivity index is 2.99. The van der Waals surface area contributed by atoms with Gasteiger partial charge in [0.25, 0.3) is 0 Å². The van der Waals surface area contributed by atoms with Crippen LogP contribution in [0.25, 0.3) is 0 Å². The van der Waals surface area contributed by atoms with Crippen LogP contribution in [0.5, 0.6) is 0 Å². The third-order valence-corrected chi connectivity index (χ3v) is 6.05. The molecule has 4 N–H and O–H groups in total. The highest BCUT2D eigenvalue weighted by Crippen LogP contribution is 2.19. The lowest BCUT2D eigenvalue weighted by molar-refractivity contribution is 0.143. The van der Waals surface area contributed by atoms with Gasteiger partial charge in [-0.15, -0.1) is 0 Å². The van der Waals surface area contributed by atoms with Crippen molar-refractivity contribution in [3.8, 4) is 0 Å². The van der Waals surface area contributed by atoms with E-state index < -0.39 is 0 Å². The molecule has 0 spiro atoms. The number of ether oxygens (including phenoxy) is 2. The van der Waals surface area contributed by atoms with Gasteiger partial charge in [-0.1, -0.05) is 0 Å². The van der Waals surface area contributed by atoms with Crippen LogP contribution in [-0.2, 0) is 9.47 Å². The first-order valence-corrected chi connectivity index (χ1v) is 11.1. The topological polar surface area (TPSA) is 96.7 Å². The molecule has 0 bridgehead atoms. The molecule has 176 valence electrons. The molecule has 0 aromatic rings. The van der Waals surface area contributed by atoms with Gasteiger partial charge in [0.05, 0.1) is 27.3 Å². The second kappa shape index (κ2) is 12.0. The summed E-state index contributed by atoms with van der Waals surface area (Å²) in [6.45, 7) is 17.9. The van der Waals surface area contributed by atoms with Crippen molar-refractivity contribution in [1.29, 1.82) is 10.8 Å². The molecule has 1 aliphatic rings. The van der Waals surface area contributed by atoms with Crippen LogP contribution in [0.3, 0.4) is 0 Å². The monoisotopic (exact) mass is 426 g/mol. The Morgan fingerprint density at radius 2 is 1.13 bits per heavy atom. The minimum atomic E-state index is -0.0343. The zero-order valence-corrected chi connectivity index (χ0v) is 20.5. The van der Waals surface area contributed by atoms with E-state index in [1.807, 2.05) is 0 Å². The molecule has 0 unspecified atom stereocenters. The van der Waals surface area contributed by atoms with E-state index in [4.69, 9.17) is 20.3 Å². The molecule has 0 amide bonds. The molecule has 1 rings (SSSR count). The third kappa shape index (κ3) is 9.73. The van der Waals surface area contributed by atoms with Gasteiger partial charge >= 0.3 is 0 Å². The summed E-state index contributed by atoms with van der Waals surface area (Å²) in [6, 6.07) is 0.625. The molecule has 0 aromatic carbocycles. The van der Waals surface area contributed by atoms with Crippen LogP contribution >= 0.6 is 0 Å². The van der Waals surface area contributed by atoms with E-state index in [1.54, 1.807) is 14.2 Å². The highest BCUT2D eigenvalue weighted by atomic mass is 16.5. The Bertz CT molecular complexity index is 504. The Kier molecular flexibility index (Phi) is 10.7. The Morgan fingerprint density at radius 3 is 1.43 bits per heavy atom. The van der Waals surface area contributed by atoms with Crippen molar-refractivity contribution in [2.75, 3.05) is 53.5 Å². The zero-order chi connectivity index (χ0) is 22.9. The number of hydrogen-bond donors (Lipinski definition) is 4. The van der Waals surface area contributed by atoms with E-state index >= 15 is 0 Å². The van der Waals surface area contributed by atoms with Crippen LogP contribution in [0, 0.1) is 10.8 Å². The summed E-state index contributed by atoms with van der Waals surface area (Å²) in [7, 11) is 3.14. The smallest absolute Gasteiger partial charge is 0.194 e. The highest BCUT2D eigenvalue weighted by Gasteiger charge is 2.29. The molecule has 0 aromatic heterocycles. The SMILES string of the molecule is COC(=N)CN1CCNC(C)(C)C[C@@H](C)N(CC(=N)OC)CCNC(C)(C)C[C@H]1C. The molecule has 1 heterocycles. The van der Waals surface area contributed by atoms with Crippen LogP contribution in [-0.4, -0.2) is 98.2 Å². The van der Waals surface area contributed by atoms with Crippen molar-refractivity contribution < 1.29 is 9.47 Å². The van der Waals surface area contributed by atoms with Gasteiger partial charge in [-0.25, -0.2) is 0 Å². The number of methoxy groups -OCH3 is 2. The number of hydrogen-bond acceptors (Lipinski definition) is 8. The van der Waals surface area contributed by atoms with Gasteiger partial charge in [-0.3, -0.25) is 20.6 Å². The molecule has 1 fully saturated rings. The number of rotatable bonds is 4. The molecule has 0 saturated carbocycles. The lowest BCUT2D eigenvalue weighted by Gasteiger charge is -2.40. The molecule has 0 radical (unpaired) electrons. The van der Waals surface area contributed by atoms with Crippen molar-refractivity contribution in [2.45, 2.75) is 77.5 Å². The molecular weight excluding hydrogens is 380 g/mol. The average Bonchev–Trinajstić information content (AvgIpc) is 2.64. The van der Waals surface area contributed by atoms with Crippen LogP contribution in [0.15, 0.2) is 0 Å². The average molecular weight is 427 g/mol. The molecule has 8 heteroatoms. The standard InChI is InChI=1S/C22H46N6O2/c1-17-13-21(3,4)25-10-12-28(16-20(24)30-8)18(2)14-22(5,6)26-9-11-27(17)15-19(23)29-7/h17-18,23-26H,9-16H2,1-8H3/t17-,18-/m1/s1. The van der Waals surface area contributed by atoms with E-state index in [0.29, 0.717) is 37.0 Å². The van der Waals surface area contributed by atoms with E-state index in [-0.39, 0.29) is 11.1 Å². The second-order valence-electron chi connectivity index (χ2n) is 9.92. The molecular formula is C22H46N6O2. The van der Waals surface area contributed by atoms with Gasteiger partial charge in [0.1, 0.15) is 0 Å². The van der Waals surface area contributed by atoms with E-state index in [9.17, 15) is 0 Å². The van der Waals surface area contributed by atoms with Gasteiger partial charge in [0.2, 0.25) is 0 Å². The minimum absolute atomic E-state index is 0.0343. The minimum Gasteiger partial charge on any atom is -0.484 e. The summed E-state index contributed by atoms with van der Waals surface area (Å²) in [5, 5.41) is 23.4. The first-order chi connectivity index (χ1) is 13.9. The van der Waals surface area contributed by atoms with Gasteiger partial charge in [0.15, 0.2) is 11.8 Å². The lowest BCUT2D eigenvalue weighted by atomic mass is 9.93. The highest BCUT2D eigenvalue weighted by molar-refractivity contribution is 5.74. The maximum atomic E-state index is 7.99. The Morgan fingerprint density at radius 1 is 0.800 bits per heavy atom. The second-order valence-corrected chi connectivity index (χ2v) is 9.92. The Labute approximate surface area is 184 Å². The quantitative estimate of drug-likeness (QED) is 0.406. The molecule has 0 aliphatic carbocycles. The summed E-state index contributed by atoms with van der Waals surface area (Å²) in [6.07, 6.45) is 1.94. The number of nitrogens with one attached hydrogen (secondary N) is 4. The normalized spacial score (nSPS) is 27.1. The fraction of sp³-hybridized carbons (Fsp3) is 0.909. The predicted octanol–water partition coefficient (Wildman–Crippen LogP) is 2.14. The van der Waals surface area contributed by atoms with Crippen molar-refractivity contribution in [1.82, 2.24) is 20.4 Å². The maximum Gasteiger partial charge on any atom is 0.194 e. The van der Waals surface area contributed by atoms with Crippen LogP contribution in [0.4, 0.5) is 0 Å². The molecule has 2 atom stereocenters. The summed E-state index contributed by atoms with van der Waals surface area (Å²) >= 11 is 0. The van der Waals surface area contributed by atoms with Crippen molar-refractivity contribution in [3.63, 3.8) is 0 Å². The lowest BCUT2D eigenvalue weighted by Crippen LogP contribution is -2.54. The number of nitrogens with zero attached hydrogens (tertiary/aromatic N) is 2. The zero-order valence-electron chi connectivity index (χ0n) is 20.5. The van der Waals surface area contributed by atoms with Crippen LogP contribution in [0.2, 0.25) is 0 Å². The summed E-state index contributed by atoms with van der Waals surface area (Å²) < 4.78 is 10.3. The summed E-state index contributed by atoms with van der Waals surface area (Å²) in [5.41, 5.74) is -0.0686. The van der Waals surface area contributed by atoms with Gasteiger partial charge < -0.3 is 20.1 Å². The van der Waals surface area contributed by atoms with Crippen molar-refractivity contribution in [2.24, 2.45) is 0 Å². The van der Waals surface area contributed by atoms with E-state index in [1.165, 1.54) is 0 Å². The van der Waals surface area contributed by atoms with Crippen molar-refractivity contribution >= 4 is 11.8 Å². The molecule has 1 aliphatic heterocycles. The third-order valence-electron chi connectivity index (χ3n) is 6.05. The van der Waals surface area contributed by atoms with E-state index in [2.05, 4.69) is 62.0 Å². The molecule has 8 nitrogen and oxygen atoms in total. The maximum absolute atomic E-state index is 7.99.